The fraction of sp³-hybridized carbons (Fsp3) is 0.308. The van der Waals surface area contributed by atoms with Gasteiger partial charge < -0.3 is 5.73 Å². The summed E-state index contributed by atoms with van der Waals surface area (Å²) in [6, 6.07) is 7.50. The number of nitrogens with two attached hydrogens (primary N) is 1. The molecule has 1 aromatic rings. The Morgan fingerprint density at radius 3 is 2.47 bits per heavy atom. The molecule has 17 heavy (non-hydrogen) atoms. The van der Waals surface area contributed by atoms with Crippen LogP contribution in [0.5, 0.6) is 0 Å². The highest BCUT2D eigenvalue weighted by Crippen LogP contribution is 2.31. The summed E-state index contributed by atoms with van der Waals surface area (Å²) in [5, 5.41) is 1.92. The summed E-state index contributed by atoms with van der Waals surface area (Å²) in [6.07, 6.45) is 6.67. The Labute approximate surface area is 99.6 Å². The fourth-order valence-electron chi connectivity index (χ4n) is 2.31. The van der Waals surface area contributed by atoms with Gasteiger partial charge in [-0.05, 0) is 37.1 Å². The van der Waals surface area contributed by atoms with Crippen molar-refractivity contribution < 1.29 is 9.63 Å². The largest absolute Gasteiger partial charge is 0.366 e. The summed E-state index contributed by atoms with van der Waals surface area (Å²) in [5.41, 5.74) is 6.69. The molecule has 4 heteroatoms. The molecule has 0 aromatic heterocycles. The quantitative estimate of drug-likeness (QED) is 0.785. The highest BCUT2D eigenvalue weighted by Gasteiger charge is 2.31. The van der Waals surface area contributed by atoms with Crippen molar-refractivity contribution in [1.82, 2.24) is 0 Å². The number of amides is 1. The van der Waals surface area contributed by atoms with E-state index in [0.29, 0.717) is 11.6 Å². The first-order valence-corrected chi connectivity index (χ1v) is 5.78. The monoisotopic (exact) mass is 230 g/mol. The van der Waals surface area contributed by atoms with Gasteiger partial charge in [0.1, 0.15) is 6.10 Å². The second-order valence-corrected chi connectivity index (χ2v) is 4.41. The van der Waals surface area contributed by atoms with Crippen molar-refractivity contribution in [3.8, 4) is 0 Å². The number of carbonyl (C=O) groups excluding carboxylic acids is 1. The van der Waals surface area contributed by atoms with Crippen LogP contribution >= 0.6 is 0 Å². The van der Waals surface area contributed by atoms with E-state index in [0.717, 1.165) is 18.5 Å². The molecule has 2 aliphatic heterocycles. The Hall–Kier alpha value is -1.81. The number of carbonyl (C=O) groups is 1. The van der Waals surface area contributed by atoms with Crippen LogP contribution in [0.2, 0.25) is 0 Å². The zero-order valence-electron chi connectivity index (χ0n) is 9.37. The second kappa shape index (κ2) is 3.89. The van der Waals surface area contributed by atoms with Gasteiger partial charge in [0.05, 0.1) is 11.7 Å². The maximum atomic E-state index is 11.0. The third kappa shape index (κ3) is 1.80. The highest BCUT2D eigenvalue weighted by atomic mass is 16.7. The summed E-state index contributed by atoms with van der Waals surface area (Å²) in [6.45, 7) is 0. The minimum absolute atomic E-state index is 0.191. The lowest BCUT2D eigenvalue weighted by Gasteiger charge is -2.41. The van der Waals surface area contributed by atoms with Crippen molar-refractivity contribution in [2.75, 3.05) is 5.06 Å². The topological polar surface area (TPSA) is 55.6 Å². The van der Waals surface area contributed by atoms with Crippen LogP contribution in [0, 0.1) is 0 Å². The van der Waals surface area contributed by atoms with E-state index in [9.17, 15) is 4.79 Å². The molecular formula is C13H14N2O2. The van der Waals surface area contributed by atoms with Gasteiger partial charge in [-0.2, -0.15) is 0 Å². The van der Waals surface area contributed by atoms with E-state index in [1.807, 2.05) is 17.2 Å². The number of hydrogen-bond acceptors (Lipinski definition) is 3. The molecule has 0 saturated carbocycles. The van der Waals surface area contributed by atoms with Crippen LogP contribution in [0.15, 0.2) is 36.4 Å². The zero-order valence-corrected chi connectivity index (χ0v) is 9.37. The molecule has 2 atom stereocenters. The van der Waals surface area contributed by atoms with Gasteiger partial charge in [-0.25, -0.2) is 5.06 Å². The molecule has 1 aliphatic carbocycles. The summed E-state index contributed by atoms with van der Waals surface area (Å²) in [5.74, 6) is -0.405. The van der Waals surface area contributed by atoms with Gasteiger partial charge in [0, 0.05) is 5.56 Å². The van der Waals surface area contributed by atoms with E-state index in [2.05, 4.69) is 12.2 Å². The van der Waals surface area contributed by atoms with Gasteiger partial charge in [0.15, 0.2) is 0 Å². The molecule has 1 fully saturated rings. The molecule has 1 amide bonds. The third-order valence-corrected chi connectivity index (χ3v) is 3.25. The molecule has 2 heterocycles. The number of anilines is 1. The molecule has 4 nitrogen and oxygen atoms in total. The first-order chi connectivity index (χ1) is 8.24. The molecule has 4 rings (SSSR count). The van der Waals surface area contributed by atoms with Crippen molar-refractivity contribution in [2.24, 2.45) is 5.73 Å². The lowest BCUT2D eigenvalue weighted by Crippen LogP contribution is -2.45. The predicted molar refractivity (Wildman–Crippen MR) is 64.5 cm³/mol. The molecule has 3 aliphatic rings. The van der Waals surface area contributed by atoms with Crippen LogP contribution in [-0.2, 0) is 4.84 Å². The van der Waals surface area contributed by atoms with Crippen molar-refractivity contribution in [3.05, 3.63) is 42.0 Å². The fourth-order valence-corrected chi connectivity index (χ4v) is 2.31. The zero-order chi connectivity index (χ0) is 11.8. The molecular weight excluding hydrogens is 216 g/mol. The number of fused-ring (bicyclic) bond motifs is 2. The SMILES string of the molecule is NC(=O)c1ccc(N2OC3C=CC2CC3)cc1. The summed E-state index contributed by atoms with van der Waals surface area (Å²) in [4.78, 5) is 16.8. The number of nitrogens with zero attached hydrogens (tertiary/aromatic N) is 1. The molecule has 2 bridgehead atoms. The maximum Gasteiger partial charge on any atom is 0.248 e. The average Bonchev–Trinajstić information content (AvgIpc) is 2.40. The van der Waals surface area contributed by atoms with Gasteiger partial charge in [0.25, 0.3) is 0 Å². The molecule has 1 aromatic carbocycles. The van der Waals surface area contributed by atoms with Crippen LogP contribution in [-0.4, -0.2) is 18.1 Å². The summed E-state index contributed by atoms with van der Waals surface area (Å²) < 4.78 is 0. The Balaban J connectivity index is 1.85. The Bertz CT molecular complexity index is 467. The van der Waals surface area contributed by atoms with Crippen molar-refractivity contribution in [3.63, 3.8) is 0 Å². The minimum Gasteiger partial charge on any atom is -0.366 e. The number of rotatable bonds is 2. The normalized spacial score (nSPS) is 26.2. The molecule has 2 unspecified atom stereocenters. The van der Waals surface area contributed by atoms with Gasteiger partial charge >= 0.3 is 0 Å². The van der Waals surface area contributed by atoms with E-state index >= 15 is 0 Å². The van der Waals surface area contributed by atoms with Crippen LogP contribution in [0.3, 0.4) is 0 Å². The number of hydrogen-bond donors (Lipinski definition) is 1. The first kappa shape index (κ1) is 10.4. The van der Waals surface area contributed by atoms with Gasteiger partial charge in [-0.3, -0.25) is 9.63 Å². The standard InChI is InChI=1S/C13H14N2O2/c14-13(16)9-1-3-10(4-2-9)15-11-5-7-12(17-15)8-6-11/h1-5,7,11-12H,6,8H2,(H2,14,16). The lowest BCUT2D eigenvalue weighted by molar-refractivity contribution is 0.00352. The van der Waals surface area contributed by atoms with Crippen molar-refractivity contribution >= 4 is 11.6 Å². The highest BCUT2D eigenvalue weighted by molar-refractivity contribution is 5.93. The Kier molecular flexibility index (Phi) is 2.37. The van der Waals surface area contributed by atoms with E-state index in [1.165, 1.54) is 0 Å². The Morgan fingerprint density at radius 2 is 2.00 bits per heavy atom. The minimum atomic E-state index is -0.405. The third-order valence-electron chi connectivity index (χ3n) is 3.25. The van der Waals surface area contributed by atoms with Crippen LogP contribution in [0.4, 0.5) is 5.69 Å². The summed E-state index contributed by atoms with van der Waals surface area (Å²) in [7, 11) is 0. The number of benzene rings is 1. The molecule has 2 N–H and O–H groups in total. The number of primary amides is 1. The smallest absolute Gasteiger partial charge is 0.248 e. The maximum absolute atomic E-state index is 11.0. The lowest BCUT2D eigenvalue weighted by atomic mass is 9.98. The Morgan fingerprint density at radius 1 is 1.24 bits per heavy atom. The van der Waals surface area contributed by atoms with Gasteiger partial charge in [0.2, 0.25) is 5.91 Å². The average molecular weight is 230 g/mol. The molecule has 0 radical (unpaired) electrons. The van der Waals surface area contributed by atoms with E-state index < -0.39 is 5.91 Å². The van der Waals surface area contributed by atoms with Crippen LogP contribution in [0.25, 0.3) is 0 Å². The predicted octanol–water partition coefficient (Wildman–Crippen LogP) is 1.62. The van der Waals surface area contributed by atoms with E-state index in [-0.39, 0.29) is 6.10 Å². The first-order valence-electron chi connectivity index (χ1n) is 5.78. The van der Waals surface area contributed by atoms with E-state index in [4.69, 9.17) is 10.6 Å². The molecule has 1 saturated heterocycles. The number of hydroxylamine groups is 1. The van der Waals surface area contributed by atoms with Gasteiger partial charge in [-0.15, -0.1) is 0 Å². The van der Waals surface area contributed by atoms with E-state index in [1.54, 1.807) is 12.1 Å². The van der Waals surface area contributed by atoms with Crippen LogP contribution in [0.1, 0.15) is 23.2 Å². The van der Waals surface area contributed by atoms with Gasteiger partial charge in [-0.1, -0.05) is 12.2 Å². The van der Waals surface area contributed by atoms with Crippen LogP contribution < -0.4 is 10.8 Å². The molecule has 88 valence electrons. The molecule has 0 spiro atoms. The van der Waals surface area contributed by atoms with Crippen molar-refractivity contribution in [1.29, 1.82) is 0 Å². The van der Waals surface area contributed by atoms with Crippen molar-refractivity contribution in [2.45, 2.75) is 25.0 Å². The summed E-state index contributed by atoms with van der Waals surface area (Å²) >= 11 is 0. The second-order valence-electron chi connectivity index (χ2n) is 4.41.